The Labute approximate surface area is 141 Å². The van der Waals surface area contributed by atoms with E-state index in [-0.39, 0.29) is 12.1 Å². The molecule has 3 aliphatic rings. The highest BCUT2D eigenvalue weighted by atomic mass is 15.2. The summed E-state index contributed by atoms with van der Waals surface area (Å²) in [7, 11) is 0. The van der Waals surface area contributed by atoms with Crippen LogP contribution in [0.25, 0.3) is 21.3 Å². The van der Waals surface area contributed by atoms with Gasteiger partial charge in [-0.05, 0) is 54.4 Å². The van der Waals surface area contributed by atoms with E-state index in [4.69, 9.17) is 0 Å². The van der Waals surface area contributed by atoms with Crippen LogP contribution >= 0.6 is 0 Å². The first-order valence-corrected chi connectivity index (χ1v) is 8.56. The topological polar surface area (TPSA) is 64.9 Å². The van der Waals surface area contributed by atoms with Gasteiger partial charge in [-0.3, -0.25) is 9.88 Å². The van der Waals surface area contributed by atoms with Gasteiger partial charge in [-0.2, -0.15) is 0 Å². The molecule has 24 heavy (non-hydrogen) atoms. The first kappa shape index (κ1) is 15.2. The van der Waals surface area contributed by atoms with Gasteiger partial charge >= 0.3 is 0 Å². The molecule has 5 rings (SSSR count). The summed E-state index contributed by atoms with van der Waals surface area (Å²) in [5.41, 5.74) is 11.2. The third-order valence-electron chi connectivity index (χ3n) is 5.70. The third kappa shape index (κ3) is 2.46. The molecule has 3 saturated heterocycles. The van der Waals surface area contributed by atoms with Crippen molar-refractivity contribution < 1.29 is 0 Å². The van der Waals surface area contributed by atoms with E-state index in [9.17, 15) is 5.53 Å². The van der Waals surface area contributed by atoms with Crippen LogP contribution in [0, 0.1) is 11.8 Å². The SMILES string of the molecule is C=CC1CN2CCC1C[C@@H]2[C@@H](N=[N+]=[N-])c1ccnc2ccccc12. The molecule has 0 N–H and O–H groups in total. The van der Waals surface area contributed by atoms with Crippen LogP contribution < -0.4 is 0 Å². The number of piperidine rings is 3. The van der Waals surface area contributed by atoms with Gasteiger partial charge in [-0.15, -0.1) is 6.58 Å². The van der Waals surface area contributed by atoms with Gasteiger partial charge in [0.05, 0.1) is 11.6 Å². The van der Waals surface area contributed by atoms with Crippen molar-refractivity contribution >= 4 is 10.9 Å². The number of nitrogens with zero attached hydrogens (tertiary/aromatic N) is 5. The van der Waals surface area contributed by atoms with Crippen molar-refractivity contribution in [2.45, 2.75) is 24.9 Å². The molecule has 122 valence electrons. The van der Waals surface area contributed by atoms with Crippen LogP contribution in [0.5, 0.6) is 0 Å². The summed E-state index contributed by atoms with van der Waals surface area (Å²) in [5.74, 6) is 1.22. The highest BCUT2D eigenvalue weighted by Gasteiger charge is 2.42. The van der Waals surface area contributed by atoms with Crippen LogP contribution in [0.2, 0.25) is 0 Å². The lowest BCUT2D eigenvalue weighted by Gasteiger charge is -2.51. The van der Waals surface area contributed by atoms with Crippen LogP contribution in [0.15, 0.2) is 54.3 Å². The number of hydrogen-bond donors (Lipinski definition) is 0. The number of aromatic nitrogens is 1. The summed E-state index contributed by atoms with van der Waals surface area (Å²) in [6, 6.07) is 10.2. The molecule has 2 aromatic rings. The second kappa shape index (κ2) is 6.27. The van der Waals surface area contributed by atoms with Gasteiger partial charge in [0.2, 0.25) is 0 Å². The Morgan fingerprint density at radius 3 is 3.00 bits per heavy atom. The molecule has 3 aliphatic heterocycles. The monoisotopic (exact) mass is 319 g/mol. The van der Waals surface area contributed by atoms with Crippen LogP contribution in [0.3, 0.4) is 0 Å². The van der Waals surface area contributed by atoms with Gasteiger partial charge in [0, 0.05) is 29.1 Å². The normalized spacial score (nSPS) is 29.8. The number of pyridine rings is 1. The number of benzene rings is 1. The van der Waals surface area contributed by atoms with Crippen LogP contribution in [-0.2, 0) is 0 Å². The Balaban J connectivity index is 1.75. The molecule has 0 saturated carbocycles. The average Bonchev–Trinajstić information content (AvgIpc) is 2.66. The lowest BCUT2D eigenvalue weighted by molar-refractivity contribution is 0.00758. The van der Waals surface area contributed by atoms with Crippen molar-refractivity contribution in [3.05, 3.63) is 65.2 Å². The first-order chi connectivity index (χ1) is 11.8. The Morgan fingerprint density at radius 1 is 1.38 bits per heavy atom. The number of hydrogen-bond acceptors (Lipinski definition) is 3. The van der Waals surface area contributed by atoms with Gasteiger partial charge < -0.3 is 0 Å². The van der Waals surface area contributed by atoms with Gasteiger partial charge in [-0.25, -0.2) is 0 Å². The van der Waals surface area contributed by atoms with Crippen molar-refractivity contribution in [2.24, 2.45) is 17.0 Å². The molecule has 3 unspecified atom stereocenters. The largest absolute Gasteiger partial charge is 0.299 e. The van der Waals surface area contributed by atoms with Crippen molar-refractivity contribution in [1.82, 2.24) is 9.88 Å². The predicted octanol–water partition coefficient (Wildman–Crippen LogP) is 4.48. The number of para-hydroxylation sites is 1. The van der Waals surface area contributed by atoms with Crippen molar-refractivity contribution in [3.63, 3.8) is 0 Å². The molecule has 0 spiro atoms. The molecule has 4 heterocycles. The van der Waals surface area contributed by atoms with Crippen LogP contribution in [0.4, 0.5) is 0 Å². The quantitative estimate of drug-likeness (QED) is 0.361. The number of fused-ring (bicyclic) bond motifs is 4. The Morgan fingerprint density at radius 2 is 2.25 bits per heavy atom. The Hall–Kier alpha value is -2.36. The summed E-state index contributed by atoms with van der Waals surface area (Å²) >= 11 is 0. The molecule has 3 fully saturated rings. The van der Waals surface area contributed by atoms with Gasteiger partial charge in [-0.1, -0.05) is 29.4 Å². The fourth-order valence-corrected chi connectivity index (χ4v) is 4.48. The van der Waals surface area contributed by atoms with Gasteiger partial charge in [0.1, 0.15) is 0 Å². The maximum Gasteiger partial charge on any atom is 0.0787 e. The number of azide groups is 1. The van der Waals surface area contributed by atoms with Crippen LogP contribution in [0.1, 0.15) is 24.4 Å². The zero-order chi connectivity index (χ0) is 16.5. The number of rotatable bonds is 4. The van der Waals surface area contributed by atoms with Crippen molar-refractivity contribution in [1.29, 1.82) is 0 Å². The standard InChI is InChI=1S/C19H21N5/c1-2-13-12-24-10-8-14(13)11-18(24)19(22-23-20)16-7-9-21-17-6-4-3-5-15(16)17/h2-7,9,13-14,18-19H,1,8,10-12H2/t13?,14?,18-,19+/m1/s1. The van der Waals surface area contributed by atoms with E-state index in [1.54, 1.807) is 0 Å². The summed E-state index contributed by atoms with van der Waals surface area (Å²) in [6.07, 6.45) is 6.20. The van der Waals surface area contributed by atoms with E-state index >= 15 is 0 Å². The molecular formula is C19H21N5. The minimum absolute atomic E-state index is 0.170. The van der Waals surface area contributed by atoms with E-state index in [1.165, 1.54) is 6.42 Å². The fourth-order valence-electron chi connectivity index (χ4n) is 4.48. The highest BCUT2D eigenvalue weighted by Crippen LogP contribution is 2.43. The molecule has 1 aromatic carbocycles. The molecular weight excluding hydrogens is 298 g/mol. The summed E-state index contributed by atoms with van der Waals surface area (Å²) in [5, 5.41) is 5.31. The summed E-state index contributed by atoms with van der Waals surface area (Å²) in [4.78, 5) is 10.1. The van der Waals surface area contributed by atoms with Crippen molar-refractivity contribution in [2.75, 3.05) is 13.1 Å². The molecule has 5 nitrogen and oxygen atoms in total. The molecule has 0 amide bonds. The van der Waals surface area contributed by atoms with E-state index in [0.717, 1.165) is 36.0 Å². The Kier molecular flexibility index (Phi) is 3.97. The van der Waals surface area contributed by atoms with E-state index in [2.05, 4.69) is 38.6 Å². The maximum atomic E-state index is 9.18. The molecule has 0 radical (unpaired) electrons. The van der Waals surface area contributed by atoms with E-state index in [0.29, 0.717) is 11.8 Å². The zero-order valence-electron chi connectivity index (χ0n) is 13.6. The smallest absolute Gasteiger partial charge is 0.0787 e. The molecule has 2 bridgehead atoms. The van der Waals surface area contributed by atoms with Gasteiger partial charge in [0.15, 0.2) is 0 Å². The molecule has 5 atom stereocenters. The highest BCUT2D eigenvalue weighted by molar-refractivity contribution is 5.82. The predicted molar refractivity (Wildman–Crippen MR) is 95.4 cm³/mol. The second-order valence-electron chi connectivity index (χ2n) is 6.81. The Bertz CT molecular complexity index is 805. The zero-order valence-corrected chi connectivity index (χ0v) is 13.6. The summed E-state index contributed by atoms with van der Waals surface area (Å²) in [6.45, 7) is 6.10. The average molecular weight is 319 g/mol. The molecule has 0 aliphatic carbocycles. The van der Waals surface area contributed by atoms with Crippen molar-refractivity contribution in [3.8, 4) is 0 Å². The van der Waals surface area contributed by atoms with Crippen LogP contribution in [-0.4, -0.2) is 29.0 Å². The van der Waals surface area contributed by atoms with E-state index < -0.39 is 0 Å². The van der Waals surface area contributed by atoms with Gasteiger partial charge in [0.25, 0.3) is 0 Å². The first-order valence-electron chi connectivity index (χ1n) is 8.56. The lowest BCUT2D eigenvalue weighted by Crippen LogP contribution is -2.54. The fraction of sp³-hybridized carbons (Fsp3) is 0.421. The minimum Gasteiger partial charge on any atom is -0.299 e. The second-order valence-corrected chi connectivity index (χ2v) is 6.81. The minimum atomic E-state index is -0.170. The lowest BCUT2D eigenvalue weighted by atomic mass is 9.73. The maximum absolute atomic E-state index is 9.18. The third-order valence-corrected chi connectivity index (χ3v) is 5.70. The van der Waals surface area contributed by atoms with E-state index in [1.807, 2.05) is 30.5 Å². The molecule has 1 aromatic heterocycles. The summed E-state index contributed by atoms with van der Waals surface area (Å²) < 4.78 is 0. The molecule has 5 heteroatoms.